The van der Waals surface area contributed by atoms with Crippen molar-refractivity contribution in [1.82, 2.24) is 20.1 Å². The fraction of sp³-hybridized carbons (Fsp3) is 0.421. The topological polar surface area (TPSA) is 109 Å². The first-order valence-electron chi connectivity index (χ1n) is 9.49. The lowest BCUT2D eigenvalue weighted by Gasteiger charge is -2.27. The van der Waals surface area contributed by atoms with Crippen LogP contribution >= 0.6 is 11.8 Å². The van der Waals surface area contributed by atoms with E-state index in [1.54, 1.807) is 4.90 Å². The van der Waals surface area contributed by atoms with Gasteiger partial charge in [0.15, 0.2) is 9.84 Å². The van der Waals surface area contributed by atoms with Gasteiger partial charge in [-0.1, -0.05) is 36.9 Å². The maximum atomic E-state index is 12.7. The molecule has 0 radical (unpaired) electrons. The summed E-state index contributed by atoms with van der Waals surface area (Å²) in [6.07, 6.45) is 3.10. The highest BCUT2D eigenvalue weighted by molar-refractivity contribution is 7.99. The van der Waals surface area contributed by atoms with Gasteiger partial charge in [0.25, 0.3) is 11.1 Å². The van der Waals surface area contributed by atoms with Gasteiger partial charge in [0.1, 0.15) is 0 Å². The molecule has 1 amide bonds. The summed E-state index contributed by atoms with van der Waals surface area (Å²) in [4.78, 5) is 17.6. The van der Waals surface area contributed by atoms with Gasteiger partial charge in [-0.15, -0.1) is 10.2 Å². The molecule has 0 aliphatic carbocycles. The lowest BCUT2D eigenvalue weighted by Crippen LogP contribution is -2.42. The summed E-state index contributed by atoms with van der Waals surface area (Å²) in [5.41, 5.74) is 1.79. The van der Waals surface area contributed by atoms with E-state index in [1.165, 1.54) is 11.8 Å². The average molecular weight is 435 g/mol. The van der Waals surface area contributed by atoms with E-state index in [-0.39, 0.29) is 29.2 Å². The molecular formula is C19H22N4O4S2. The molecule has 8 nitrogen and oxygen atoms in total. The molecule has 1 atom stereocenters. The Morgan fingerprint density at radius 3 is 2.93 bits per heavy atom. The van der Waals surface area contributed by atoms with Crippen LogP contribution in [0.2, 0.25) is 0 Å². The van der Waals surface area contributed by atoms with E-state index >= 15 is 0 Å². The van der Waals surface area contributed by atoms with Gasteiger partial charge in [0.2, 0.25) is 5.91 Å². The van der Waals surface area contributed by atoms with Crippen molar-refractivity contribution in [3.8, 4) is 11.5 Å². The third-order valence-electron chi connectivity index (χ3n) is 4.98. The second-order valence-electron chi connectivity index (χ2n) is 7.05. The number of carbonyl (C=O) groups is 1. The standard InChI is InChI=1S/C19H22N4O4S2/c1-2-8-23(13-7-9-29(25,26)12-13)17(24)11-28-19-22-21-18(27-19)15-10-20-16-6-4-3-5-14(15)16/h3-6,10,13,20H,2,7-9,11-12H2,1H3/t13-/m1/s1. The van der Waals surface area contributed by atoms with E-state index in [1.807, 2.05) is 37.4 Å². The minimum Gasteiger partial charge on any atom is -0.411 e. The Morgan fingerprint density at radius 1 is 1.34 bits per heavy atom. The Hall–Kier alpha value is -2.33. The smallest absolute Gasteiger partial charge is 0.277 e. The van der Waals surface area contributed by atoms with Crippen molar-refractivity contribution < 1.29 is 17.6 Å². The number of para-hydroxylation sites is 1. The first-order valence-corrected chi connectivity index (χ1v) is 12.3. The molecule has 0 spiro atoms. The zero-order valence-electron chi connectivity index (χ0n) is 16.0. The predicted octanol–water partition coefficient (Wildman–Crippen LogP) is 2.74. The Morgan fingerprint density at radius 2 is 2.17 bits per heavy atom. The lowest BCUT2D eigenvalue weighted by atomic mass is 10.2. The number of benzene rings is 1. The highest BCUT2D eigenvalue weighted by atomic mass is 32.2. The molecule has 3 heterocycles. The van der Waals surface area contributed by atoms with Gasteiger partial charge in [-0.25, -0.2) is 8.42 Å². The van der Waals surface area contributed by atoms with Gasteiger partial charge in [0.05, 0.1) is 22.8 Å². The third-order valence-corrected chi connectivity index (χ3v) is 7.53. The molecule has 1 N–H and O–H groups in total. The molecule has 1 saturated heterocycles. The van der Waals surface area contributed by atoms with Crippen molar-refractivity contribution in [3.05, 3.63) is 30.5 Å². The maximum absolute atomic E-state index is 12.7. The Kier molecular flexibility index (Phi) is 5.64. The lowest BCUT2D eigenvalue weighted by molar-refractivity contribution is -0.130. The minimum atomic E-state index is -3.04. The molecule has 3 aromatic rings. The summed E-state index contributed by atoms with van der Waals surface area (Å²) < 4.78 is 29.3. The van der Waals surface area contributed by atoms with E-state index < -0.39 is 9.84 Å². The van der Waals surface area contributed by atoms with Gasteiger partial charge in [-0.3, -0.25) is 4.79 Å². The number of hydrogen-bond donors (Lipinski definition) is 1. The molecule has 1 fully saturated rings. The first-order chi connectivity index (χ1) is 14.0. The summed E-state index contributed by atoms with van der Waals surface area (Å²) in [5.74, 6) is 0.618. The molecule has 10 heteroatoms. The van der Waals surface area contributed by atoms with E-state index in [2.05, 4.69) is 15.2 Å². The van der Waals surface area contributed by atoms with Gasteiger partial charge < -0.3 is 14.3 Å². The van der Waals surface area contributed by atoms with Gasteiger partial charge in [-0.05, 0) is 18.9 Å². The van der Waals surface area contributed by atoms with Gasteiger partial charge in [0, 0.05) is 29.7 Å². The Balaban J connectivity index is 1.43. The number of hydrogen-bond acceptors (Lipinski definition) is 7. The molecule has 1 aliphatic rings. The third kappa shape index (κ3) is 4.32. The summed E-state index contributed by atoms with van der Waals surface area (Å²) in [7, 11) is -3.04. The van der Waals surface area contributed by atoms with Crippen molar-refractivity contribution in [1.29, 1.82) is 0 Å². The number of rotatable bonds is 7. The molecule has 2 aromatic heterocycles. The van der Waals surface area contributed by atoms with Gasteiger partial charge >= 0.3 is 0 Å². The van der Waals surface area contributed by atoms with Crippen LogP contribution in [0.5, 0.6) is 0 Å². The number of aromatic amines is 1. The number of nitrogens with zero attached hydrogens (tertiary/aromatic N) is 3. The van der Waals surface area contributed by atoms with E-state index in [0.717, 1.165) is 22.9 Å². The quantitative estimate of drug-likeness (QED) is 0.570. The monoisotopic (exact) mass is 434 g/mol. The molecule has 1 aliphatic heterocycles. The number of sulfone groups is 1. The molecule has 4 rings (SSSR count). The van der Waals surface area contributed by atoms with Crippen LogP contribution < -0.4 is 0 Å². The van der Waals surface area contributed by atoms with Crippen molar-refractivity contribution in [2.24, 2.45) is 0 Å². The fourth-order valence-corrected chi connectivity index (χ4v) is 5.98. The second kappa shape index (κ2) is 8.19. The maximum Gasteiger partial charge on any atom is 0.277 e. The molecular weight excluding hydrogens is 412 g/mol. The Bertz CT molecular complexity index is 1120. The van der Waals surface area contributed by atoms with Crippen LogP contribution in [0.1, 0.15) is 19.8 Å². The highest BCUT2D eigenvalue weighted by Crippen LogP contribution is 2.29. The zero-order valence-corrected chi connectivity index (χ0v) is 17.6. The van der Waals surface area contributed by atoms with Gasteiger partial charge in [-0.2, -0.15) is 0 Å². The van der Waals surface area contributed by atoms with Crippen LogP contribution in [-0.4, -0.2) is 64.3 Å². The number of fused-ring (bicyclic) bond motifs is 1. The van der Waals surface area contributed by atoms with Crippen LogP contribution in [0.3, 0.4) is 0 Å². The second-order valence-corrected chi connectivity index (χ2v) is 10.2. The minimum absolute atomic E-state index is 0.0503. The summed E-state index contributed by atoms with van der Waals surface area (Å²) in [6.45, 7) is 2.52. The van der Waals surface area contributed by atoms with Crippen molar-refractivity contribution in [2.75, 3.05) is 23.8 Å². The number of amides is 1. The number of H-pyrrole nitrogens is 1. The summed E-state index contributed by atoms with van der Waals surface area (Å²) in [6, 6.07) is 7.59. The molecule has 154 valence electrons. The van der Waals surface area contributed by atoms with Crippen LogP contribution in [0.25, 0.3) is 22.4 Å². The number of thioether (sulfide) groups is 1. The van der Waals surface area contributed by atoms with E-state index in [0.29, 0.717) is 24.1 Å². The van der Waals surface area contributed by atoms with Crippen LogP contribution in [-0.2, 0) is 14.6 Å². The fourth-order valence-electron chi connectivity index (χ4n) is 3.60. The van der Waals surface area contributed by atoms with Crippen LogP contribution in [0.4, 0.5) is 0 Å². The average Bonchev–Trinajstić information content (AvgIpc) is 3.41. The Labute approximate surface area is 173 Å². The predicted molar refractivity (Wildman–Crippen MR) is 111 cm³/mol. The molecule has 1 aromatic carbocycles. The van der Waals surface area contributed by atoms with Crippen molar-refractivity contribution in [2.45, 2.75) is 31.0 Å². The number of aromatic nitrogens is 3. The highest BCUT2D eigenvalue weighted by Gasteiger charge is 2.34. The van der Waals surface area contributed by atoms with E-state index in [9.17, 15) is 13.2 Å². The molecule has 0 saturated carbocycles. The first kappa shape index (κ1) is 20.0. The molecule has 0 bridgehead atoms. The molecule has 0 unspecified atom stereocenters. The number of carbonyl (C=O) groups excluding carboxylic acids is 1. The summed E-state index contributed by atoms with van der Waals surface area (Å²) in [5, 5.41) is 9.45. The summed E-state index contributed by atoms with van der Waals surface area (Å²) >= 11 is 1.17. The zero-order chi connectivity index (χ0) is 20.4. The van der Waals surface area contributed by atoms with E-state index in [4.69, 9.17) is 4.42 Å². The largest absolute Gasteiger partial charge is 0.411 e. The SMILES string of the molecule is CCCN(C(=O)CSc1nnc(-c2c[nH]c3ccccc23)o1)[C@@H]1CCS(=O)(=O)C1. The van der Waals surface area contributed by atoms with Crippen molar-refractivity contribution in [3.63, 3.8) is 0 Å². The van der Waals surface area contributed by atoms with Crippen molar-refractivity contribution >= 4 is 38.4 Å². The number of nitrogens with one attached hydrogen (secondary N) is 1. The normalized spacial score (nSPS) is 18.3. The van der Waals surface area contributed by atoms with Crippen LogP contribution in [0.15, 0.2) is 40.1 Å². The molecule has 29 heavy (non-hydrogen) atoms. The van der Waals surface area contributed by atoms with Crippen LogP contribution in [0, 0.1) is 0 Å².